The molecular weight excluding hydrogens is 264 g/mol. The zero-order valence-electron chi connectivity index (χ0n) is 12.2. The van der Waals surface area contributed by atoms with E-state index in [1.165, 1.54) is 6.07 Å². The topological polar surface area (TPSA) is 46.5 Å². The van der Waals surface area contributed by atoms with Crippen molar-refractivity contribution >= 4 is 5.78 Å². The number of unbranched alkanes of at least 4 members (excludes halogenated alkanes) is 2. The second-order valence-corrected chi connectivity index (χ2v) is 4.93. The Kier molecular flexibility index (Phi) is 5.38. The van der Waals surface area contributed by atoms with Crippen molar-refractivity contribution in [2.24, 2.45) is 0 Å². The van der Waals surface area contributed by atoms with E-state index < -0.39 is 0 Å². The number of rotatable bonds is 7. The Labute approximate surface area is 125 Å². The van der Waals surface area contributed by atoms with Crippen LogP contribution >= 0.6 is 0 Å². The van der Waals surface area contributed by atoms with Crippen molar-refractivity contribution in [2.45, 2.75) is 26.2 Å². The molecular formula is C18H20O3. The predicted octanol–water partition coefficient (Wildman–Crippen LogP) is 4.19. The summed E-state index contributed by atoms with van der Waals surface area (Å²) in [5, 5.41) is 10.0. The summed E-state index contributed by atoms with van der Waals surface area (Å²) in [6, 6.07) is 13.8. The molecule has 2 aromatic rings. The highest BCUT2D eigenvalue weighted by molar-refractivity contribution is 6.10. The fourth-order valence-electron chi connectivity index (χ4n) is 2.08. The van der Waals surface area contributed by atoms with Crippen molar-refractivity contribution in [3.8, 4) is 11.5 Å². The first kappa shape index (κ1) is 15.1. The summed E-state index contributed by atoms with van der Waals surface area (Å²) in [6.07, 6.45) is 3.25. The normalized spacial score (nSPS) is 10.3. The quantitative estimate of drug-likeness (QED) is 0.612. The molecule has 21 heavy (non-hydrogen) atoms. The summed E-state index contributed by atoms with van der Waals surface area (Å²) < 4.78 is 5.56. The van der Waals surface area contributed by atoms with Gasteiger partial charge in [-0.1, -0.05) is 50.1 Å². The number of ketones is 1. The summed E-state index contributed by atoms with van der Waals surface area (Å²) in [4.78, 5) is 12.3. The third-order valence-electron chi connectivity index (χ3n) is 3.27. The van der Waals surface area contributed by atoms with E-state index in [0.717, 1.165) is 19.3 Å². The van der Waals surface area contributed by atoms with Crippen LogP contribution in [0.3, 0.4) is 0 Å². The highest BCUT2D eigenvalue weighted by Crippen LogP contribution is 2.26. The van der Waals surface area contributed by atoms with E-state index in [4.69, 9.17) is 4.74 Å². The Morgan fingerprint density at radius 1 is 1.10 bits per heavy atom. The van der Waals surface area contributed by atoms with Gasteiger partial charge in [0, 0.05) is 11.6 Å². The number of aromatic hydroxyl groups is 1. The summed E-state index contributed by atoms with van der Waals surface area (Å²) in [6.45, 7) is 2.76. The van der Waals surface area contributed by atoms with Crippen molar-refractivity contribution in [1.82, 2.24) is 0 Å². The maximum Gasteiger partial charge on any atom is 0.196 e. The summed E-state index contributed by atoms with van der Waals surface area (Å²) in [5.74, 6) is 0.357. The number of phenolic OH excluding ortho intramolecular Hbond substituents is 1. The Bertz CT molecular complexity index is 591. The van der Waals surface area contributed by atoms with Gasteiger partial charge < -0.3 is 9.84 Å². The van der Waals surface area contributed by atoms with E-state index in [0.29, 0.717) is 23.5 Å². The van der Waals surface area contributed by atoms with Gasteiger partial charge >= 0.3 is 0 Å². The number of hydrogen-bond acceptors (Lipinski definition) is 3. The largest absolute Gasteiger partial charge is 0.507 e. The first-order valence-corrected chi connectivity index (χ1v) is 7.28. The Hall–Kier alpha value is -2.29. The van der Waals surface area contributed by atoms with Crippen LogP contribution < -0.4 is 4.74 Å². The maximum atomic E-state index is 12.3. The molecule has 0 radical (unpaired) electrons. The third-order valence-corrected chi connectivity index (χ3v) is 3.27. The average molecular weight is 284 g/mol. The fraction of sp³-hybridized carbons (Fsp3) is 0.278. The minimum absolute atomic E-state index is 0.0446. The Morgan fingerprint density at radius 3 is 2.52 bits per heavy atom. The highest BCUT2D eigenvalue weighted by Gasteiger charge is 2.13. The van der Waals surface area contributed by atoms with Gasteiger partial charge in [0.1, 0.15) is 11.5 Å². The molecule has 1 N–H and O–H groups in total. The lowest BCUT2D eigenvalue weighted by molar-refractivity contribution is 0.103. The Morgan fingerprint density at radius 2 is 1.86 bits per heavy atom. The van der Waals surface area contributed by atoms with Crippen LogP contribution in [0.2, 0.25) is 0 Å². The molecule has 0 saturated carbocycles. The van der Waals surface area contributed by atoms with Gasteiger partial charge in [-0.2, -0.15) is 0 Å². The first-order valence-electron chi connectivity index (χ1n) is 7.28. The van der Waals surface area contributed by atoms with Crippen LogP contribution in [0.25, 0.3) is 0 Å². The van der Waals surface area contributed by atoms with Gasteiger partial charge in [-0.15, -0.1) is 0 Å². The molecule has 0 atom stereocenters. The number of phenols is 1. The van der Waals surface area contributed by atoms with Gasteiger partial charge in [-0.3, -0.25) is 4.79 Å². The van der Waals surface area contributed by atoms with E-state index in [1.807, 2.05) is 6.07 Å². The molecule has 0 aliphatic carbocycles. The van der Waals surface area contributed by atoms with Crippen LogP contribution in [0.1, 0.15) is 42.1 Å². The molecule has 0 saturated heterocycles. The fourth-order valence-corrected chi connectivity index (χ4v) is 2.08. The van der Waals surface area contributed by atoms with Crippen molar-refractivity contribution in [3.63, 3.8) is 0 Å². The number of ether oxygens (including phenoxy) is 1. The van der Waals surface area contributed by atoms with Gasteiger partial charge in [0.25, 0.3) is 0 Å². The van der Waals surface area contributed by atoms with Gasteiger partial charge in [0.05, 0.1) is 12.2 Å². The molecule has 0 aromatic heterocycles. The summed E-state index contributed by atoms with van der Waals surface area (Å²) >= 11 is 0. The second kappa shape index (κ2) is 7.48. The number of carbonyl (C=O) groups is 1. The minimum Gasteiger partial charge on any atom is -0.507 e. The van der Waals surface area contributed by atoms with Crippen LogP contribution in [0.15, 0.2) is 48.5 Å². The van der Waals surface area contributed by atoms with E-state index in [1.54, 1.807) is 36.4 Å². The molecule has 0 amide bonds. The van der Waals surface area contributed by atoms with Crippen molar-refractivity contribution in [2.75, 3.05) is 6.61 Å². The molecule has 0 aliphatic rings. The molecule has 0 bridgehead atoms. The van der Waals surface area contributed by atoms with Gasteiger partial charge in [-0.25, -0.2) is 0 Å². The van der Waals surface area contributed by atoms with Crippen molar-refractivity contribution < 1.29 is 14.6 Å². The number of carbonyl (C=O) groups excluding carboxylic acids is 1. The molecule has 110 valence electrons. The van der Waals surface area contributed by atoms with Crippen molar-refractivity contribution in [1.29, 1.82) is 0 Å². The van der Waals surface area contributed by atoms with E-state index in [9.17, 15) is 9.90 Å². The lowest BCUT2D eigenvalue weighted by atomic mass is 10.0. The molecule has 0 spiro atoms. The van der Waals surface area contributed by atoms with Gasteiger partial charge in [0.15, 0.2) is 5.78 Å². The summed E-state index contributed by atoms with van der Waals surface area (Å²) in [5.41, 5.74) is 0.853. The third kappa shape index (κ3) is 4.09. The van der Waals surface area contributed by atoms with E-state index in [-0.39, 0.29) is 11.5 Å². The molecule has 0 heterocycles. The summed E-state index contributed by atoms with van der Waals surface area (Å²) in [7, 11) is 0. The SMILES string of the molecule is CCCCCOc1ccc(C(=O)c2ccccc2)c(O)c1. The monoisotopic (exact) mass is 284 g/mol. The number of hydrogen-bond donors (Lipinski definition) is 1. The van der Waals surface area contributed by atoms with Crippen molar-refractivity contribution in [3.05, 3.63) is 59.7 Å². The smallest absolute Gasteiger partial charge is 0.196 e. The maximum absolute atomic E-state index is 12.3. The number of benzene rings is 2. The minimum atomic E-state index is -0.189. The Balaban J connectivity index is 2.07. The van der Waals surface area contributed by atoms with Crippen LogP contribution in [0.5, 0.6) is 11.5 Å². The molecule has 2 aromatic carbocycles. The molecule has 0 aliphatic heterocycles. The van der Waals surface area contributed by atoms with Crippen LogP contribution in [-0.4, -0.2) is 17.5 Å². The van der Waals surface area contributed by atoms with Crippen LogP contribution in [0.4, 0.5) is 0 Å². The average Bonchev–Trinajstić information content (AvgIpc) is 2.52. The lowest BCUT2D eigenvalue weighted by Gasteiger charge is -2.09. The van der Waals surface area contributed by atoms with Crippen LogP contribution in [0, 0.1) is 0 Å². The lowest BCUT2D eigenvalue weighted by Crippen LogP contribution is -2.02. The van der Waals surface area contributed by atoms with Crippen LogP contribution in [-0.2, 0) is 0 Å². The molecule has 0 fully saturated rings. The molecule has 3 nitrogen and oxygen atoms in total. The van der Waals surface area contributed by atoms with E-state index >= 15 is 0 Å². The van der Waals surface area contributed by atoms with Gasteiger partial charge in [-0.05, 0) is 18.6 Å². The highest BCUT2D eigenvalue weighted by atomic mass is 16.5. The zero-order valence-corrected chi connectivity index (χ0v) is 12.2. The first-order chi connectivity index (χ1) is 10.2. The second-order valence-electron chi connectivity index (χ2n) is 4.93. The standard InChI is InChI=1S/C18H20O3/c1-2-3-7-12-21-15-10-11-16(17(19)13-15)18(20)14-8-5-4-6-9-14/h4-6,8-11,13,19H,2-3,7,12H2,1H3. The molecule has 2 rings (SSSR count). The molecule has 0 unspecified atom stereocenters. The van der Waals surface area contributed by atoms with Gasteiger partial charge in [0.2, 0.25) is 0 Å². The predicted molar refractivity (Wildman–Crippen MR) is 83.0 cm³/mol. The van der Waals surface area contributed by atoms with E-state index in [2.05, 4.69) is 6.92 Å². The molecule has 3 heteroatoms. The zero-order chi connectivity index (χ0) is 15.1.